The molecule has 2 heterocycles. The number of carbonyl (C=O) groups excluding carboxylic acids is 1. The second kappa shape index (κ2) is 7.57. The highest BCUT2D eigenvalue weighted by Gasteiger charge is 2.30. The third kappa shape index (κ3) is 3.95. The van der Waals surface area contributed by atoms with Crippen molar-refractivity contribution in [3.05, 3.63) is 40.3 Å². The van der Waals surface area contributed by atoms with Crippen molar-refractivity contribution in [3.8, 4) is 0 Å². The summed E-state index contributed by atoms with van der Waals surface area (Å²) in [4.78, 5) is 25.4. The van der Waals surface area contributed by atoms with Crippen molar-refractivity contribution >= 4 is 26.5 Å². The maximum atomic E-state index is 12.7. The third-order valence-corrected chi connectivity index (χ3v) is 6.39. The standard InChI is InChI=1S/C18H23N3O4S/c1-2-3-6-10-21-18(23)15-8-5-4-7-14(15)16(20-21)17(22)19-13-9-11-26(24,25)12-13/h4-5,7-8,13H,2-3,6,9-12H2,1H3,(H,19,22). The fourth-order valence-electron chi connectivity index (χ4n) is 3.23. The van der Waals surface area contributed by atoms with Gasteiger partial charge in [0.25, 0.3) is 11.5 Å². The van der Waals surface area contributed by atoms with Crippen LogP contribution in [0.5, 0.6) is 0 Å². The van der Waals surface area contributed by atoms with Crippen molar-refractivity contribution in [3.63, 3.8) is 0 Å². The number of carbonyl (C=O) groups is 1. The molecule has 140 valence electrons. The molecular weight excluding hydrogens is 354 g/mol. The van der Waals surface area contributed by atoms with Crippen LogP contribution in [-0.4, -0.2) is 41.7 Å². The van der Waals surface area contributed by atoms with Gasteiger partial charge in [-0.1, -0.05) is 38.0 Å². The van der Waals surface area contributed by atoms with E-state index in [0.29, 0.717) is 23.7 Å². The molecule has 1 aliphatic heterocycles. The zero-order valence-corrected chi connectivity index (χ0v) is 15.6. The number of nitrogens with zero attached hydrogens (tertiary/aromatic N) is 2. The van der Waals surface area contributed by atoms with Gasteiger partial charge in [0, 0.05) is 18.0 Å². The molecule has 0 saturated carbocycles. The van der Waals surface area contributed by atoms with E-state index in [1.165, 1.54) is 4.68 Å². The summed E-state index contributed by atoms with van der Waals surface area (Å²) >= 11 is 0. The number of aryl methyl sites for hydroxylation is 1. The number of amides is 1. The lowest BCUT2D eigenvalue weighted by molar-refractivity contribution is 0.0935. The van der Waals surface area contributed by atoms with Gasteiger partial charge in [0.1, 0.15) is 0 Å². The Morgan fingerprint density at radius 2 is 2.00 bits per heavy atom. The molecule has 26 heavy (non-hydrogen) atoms. The summed E-state index contributed by atoms with van der Waals surface area (Å²) in [5.74, 6) is -0.400. The normalized spacial score (nSPS) is 18.9. The van der Waals surface area contributed by atoms with Gasteiger partial charge in [0.2, 0.25) is 0 Å². The van der Waals surface area contributed by atoms with Crippen molar-refractivity contribution in [1.82, 2.24) is 15.1 Å². The van der Waals surface area contributed by atoms with E-state index in [-0.39, 0.29) is 22.8 Å². The second-order valence-corrected chi connectivity index (χ2v) is 8.93. The first-order valence-electron chi connectivity index (χ1n) is 8.92. The Hall–Kier alpha value is -2.22. The fraction of sp³-hybridized carbons (Fsp3) is 0.500. The summed E-state index contributed by atoms with van der Waals surface area (Å²) in [6.45, 7) is 2.53. The molecule has 0 spiro atoms. The lowest BCUT2D eigenvalue weighted by Gasteiger charge is -2.14. The fourth-order valence-corrected chi connectivity index (χ4v) is 4.90. The Bertz CT molecular complexity index is 982. The highest BCUT2D eigenvalue weighted by Crippen LogP contribution is 2.16. The van der Waals surface area contributed by atoms with Gasteiger partial charge in [-0.2, -0.15) is 5.10 Å². The lowest BCUT2D eigenvalue weighted by atomic mass is 10.1. The molecule has 1 N–H and O–H groups in total. The van der Waals surface area contributed by atoms with E-state index in [4.69, 9.17) is 0 Å². The van der Waals surface area contributed by atoms with E-state index in [2.05, 4.69) is 17.3 Å². The smallest absolute Gasteiger partial charge is 0.274 e. The first-order chi connectivity index (χ1) is 12.4. The Labute approximate surface area is 152 Å². The van der Waals surface area contributed by atoms with E-state index < -0.39 is 21.8 Å². The maximum absolute atomic E-state index is 12.7. The molecule has 1 saturated heterocycles. The Morgan fingerprint density at radius 3 is 2.65 bits per heavy atom. The minimum atomic E-state index is -3.09. The Balaban J connectivity index is 1.94. The maximum Gasteiger partial charge on any atom is 0.274 e. The van der Waals surface area contributed by atoms with E-state index in [1.807, 2.05) is 0 Å². The first-order valence-corrected chi connectivity index (χ1v) is 10.7. The second-order valence-electron chi connectivity index (χ2n) is 6.70. The largest absolute Gasteiger partial charge is 0.347 e. The lowest BCUT2D eigenvalue weighted by Crippen LogP contribution is -2.37. The zero-order valence-electron chi connectivity index (χ0n) is 14.8. The minimum Gasteiger partial charge on any atom is -0.347 e. The van der Waals surface area contributed by atoms with Gasteiger partial charge in [-0.15, -0.1) is 0 Å². The van der Waals surface area contributed by atoms with E-state index in [0.717, 1.165) is 19.3 Å². The Morgan fingerprint density at radius 1 is 1.27 bits per heavy atom. The number of aromatic nitrogens is 2. The number of hydrogen-bond acceptors (Lipinski definition) is 5. The van der Waals surface area contributed by atoms with E-state index in [1.54, 1.807) is 24.3 Å². The van der Waals surface area contributed by atoms with Gasteiger partial charge in [0.15, 0.2) is 15.5 Å². The van der Waals surface area contributed by atoms with Crippen LogP contribution in [0.15, 0.2) is 29.1 Å². The summed E-state index contributed by atoms with van der Waals surface area (Å²) in [6, 6.07) is 6.48. The Kier molecular flexibility index (Phi) is 5.41. The van der Waals surface area contributed by atoms with Crippen molar-refractivity contribution in [2.24, 2.45) is 0 Å². The van der Waals surface area contributed by atoms with Crippen LogP contribution >= 0.6 is 0 Å². The molecule has 1 aliphatic rings. The molecular formula is C18H23N3O4S. The van der Waals surface area contributed by atoms with Gasteiger partial charge in [-0.3, -0.25) is 9.59 Å². The van der Waals surface area contributed by atoms with Crippen LogP contribution in [0.25, 0.3) is 10.8 Å². The summed E-state index contributed by atoms with van der Waals surface area (Å²) in [5.41, 5.74) is -0.0438. The first kappa shape index (κ1) is 18.6. The van der Waals surface area contributed by atoms with Crippen LogP contribution in [0.4, 0.5) is 0 Å². The minimum absolute atomic E-state index is 0.0488. The molecule has 1 aromatic heterocycles. The molecule has 1 fully saturated rings. The number of fused-ring (bicyclic) bond motifs is 1. The van der Waals surface area contributed by atoms with Crippen molar-refractivity contribution in [2.75, 3.05) is 11.5 Å². The van der Waals surface area contributed by atoms with Crippen LogP contribution in [-0.2, 0) is 16.4 Å². The average Bonchev–Trinajstić information content (AvgIpc) is 2.95. The van der Waals surface area contributed by atoms with Gasteiger partial charge in [-0.25, -0.2) is 13.1 Å². The summed E-state index contributed by atoms with van der Waals surface area (Å²) in [5, 5.41) is 7.99. The quantitative estimate of drug-likeness (QED) is 0.770. The molecule has 0 radical (unpaired) electrons. The van der Waals surface area contributed by atoms with Gasteiger partial charge in [0.05, 0.1) is 16.9 Å². The summed E-state index contributed by atoms with van der Waals surface area (Å²) < 4.78 is 24.6. The van der Waals surface area contributed by atoms with E-state index >= 15 is 0 Å². The summed E-state index contributed by atoms with van der Waals surface area (Å²) in [6.07, 6.45) is 3.21. The third-order valence-electron chi connectivity index (χ3n) is 4.62. The zero-order chi connectivity index (χ0) is 18.7. The molecule has 8 heteroatoms. The van der Waals surface area contributed by atoms with Crippen molar-refractivity contribution in [1.29, 1.82) is 0 Å². The van der Waals surface area contributed by atoms with Gasteiger partial charge in [-0.05, 0) is 18.9 Å². The van der Waals surface area contributed by atoms with Crippen LogP contribution in [0.3, 0.4) is 0 Å². The monoisotopic (exact) mass is 377 g/mol. The number of unbranched alkanes of at least 4 members (excludes halogenated alkanes) is 2. The van der Waals surface area contributed by atoms with Crippen LogP contribution in [0.1, 0.15) is 43.1 Å². The highest BCUT2D eigenvalue weighted by atomic mass is 32.2. The number of nitrogens with one attached hydrogen (secondary N) is 1. The molecule has 0 bridgehead atoms. The molecule has 3 rings (SSSR count). The number of sulfone groups is 1. The predicted octanol–water partition coefficient (Wildman–Crippen LogP) is 1.50. The topological polar surface area (TPSA) is 98.1 Å². The van der Waals surface area contributed by atoms with Crippen LogP contribution in [0, 0.1) is 0 Å². The number of rotatable bonds is 6. The number of benzene rings is 1. The molecule has 2 aromatic rings. The van der Waals surface area contributed by atoms with Crippen LogP contribution in [0.2, 0.25) is 0 Å². The van der Waals surface area contributed by atoms with Crippen molar-refractivity contribution in [2.45, 2.75) is 45.2 Å². The van der Waals surface area contributed by atoms with Crippen molar-refractivity contribution < 1.29 is 13.2 Å². The van der Waals surface area contributed by atoms with Gasteiger partial charge < -0.3 is 5.32 Å². The molecule has 1 atom stereocenters. The predicted molar refractivity (Wildman–Crippen MR) is 100 cm³/mol. The SMILES string of the molecule is CCCCCn1nc(C(=O)NC2CCS(=O)(=O)C2)c2ccccc2c1=O. The molecule has 1 unspecified atom stereocenters. The summed E-state index contributed by atoms with van der Waals surface area (Å²) in [7, 11) is -3.09. The van der Waals surface area contributed by atoms with E-state index in [9.17, 15) is 18.0 Å². The van der Waals surface area contributed by atoms with Gasteiger partial charge >= 0.3 is 0 Å². The highest BCUT2D eigenvalue weighted by molar-refractivity contribution is 7.91. The average molecular weight is 377 g/mol. The molecule has 7 nitrogen and oxygen atoms in total. The molecule has 1 amide bonds. The molecule has 0 aliphatic carbocycles. The van der Waals surface area contributed by atoms with Crippen LogP contribution < -0.4 is 10.9 Å². The number of hydrogen-bond donors (Lipinski definition) is 1. The molecule has 1 aromatic carbocycles.